The van der Waals surface area contributed by atoms with E-state index in [1.807, 2.05) is 0 Å². The Morgan fingerprint density at radius 3 is 1.95 bits per heavy atom. The van der Waals surface area contributed by atoms with E-state index in [0.29, 0.717) is 4.90 Å². The molecule has 22 heavy (non-hydrogen) atoms. The highest BCUT2D eigenvalue weighted by Gasteiger charge is 2.34. The average molecular weight is 362 g/mol. The molecule has 14 heteroatoms. The Morgan fingerprint density at radius 1 is 1.18 bits per heavy atom. The predicted octanol–water partition coefficient (Wildman–Crippen LogP) is -1.72. The summed E-state index contributed by atoms with van der Waals surface area (Å²) in [5.41, 5.74) is 5.03. The Morgan fingerprint density at radius 2 is 1.64 bits per heavy atom. The van der Waals surface area contributed by atoms with Crippen LogP contribution in [0.3, 0.4) is 0 Å². The molecule has 0 radical (unpaired) electrons. The van der Waals surface area contributed by atoms with Crippen LogP contribution in [0.4, 0.5) is 0 Å². The van der Waals surface area contributed by atoms with Crippen LogP contribution in [0, 0.1) is 5.41 Å². The largest absolute Gasteiger partial charge is 0.480 e. The molecule has 0 aromatic heterocycles. The van der Waals surface area contributed by atoms with Gasteiger partial charge in [-0.3, -0.25) is 24.2 Å². The minimum absolute atomic E-state index is 0.138. The molecule has 1 unspecified atom stereocenters. The molecule has 1 atom stereocenters. The molecular weight excluding hydrogens is 342 g/mol. The fourth-order valence-corrected chi connectivity index (χ4v) is 3.39. The molecule has 0 aromatic rings. The second-order valence-corrected chi connectivity index (χ2v) is 7.76. The first-order chi connectivity index (χ1) is 9.82. The predicted molar refractivity (Wildman–Crippen MR) is 76.2 cm³/mol. The Hall–Kier alpha value is -1.00. The summed E-state index contributed by atoms with van der Waals surface area (Å²) >= 11 is 0. The van der Waals surface area contributed by atoms with Gasteiger partial charge in [0.25, 0.3) is 0 Å². The molecule has 0 rings (SSSR count). The Kier molecular flexibility index (Phi) is 8.19. The second kappa shape index (κ2) is 8.59. The normalized spacial score (nSPS) is 13.9. The molecule has 0 bridgehead atoms. The average Bonchev–Trinajstić information content (AvgIpc) is 2.22. The highest BCUT2D eigenvalue weighted by atomic mass is 31.2. The summed E-state index contributed by atoms with van der Waals surface area (Å²) in [6.07, 6.45) is -2.16. The molecule has 12 nitrogen and oxygen atoms in total. The van der Waals surface area contributed by atoms with Crippen molar-refractivity contribution in [3.05, 3.63) is 0 Å². The van der Waals surface area contributed by atoms with Gasteiger partial charge in [-0.25, -0.2) is 0 Å². The van der Waals surface area contributed by atoms with Gasteiger partial charge in [0.1, 0.15) is 18.6 Å². The van der Waals surface area contributed by atoms with Gasteiger partial charge in [0, 0.05) is 6.54 Å². The van der Waals surface area contributed by atoms with Crippen LogP contribution in [0.25, 0.3) is 0 Å². The van der Waals surface area contributed by atoms with Crippen LogP contribution in [0.15, 0.2) is 0 Å². The molecular formula is C8H20N4O8P2. The van der Waals surface area contributed by atoms with Crippen LogP contribution >= 0.6 is 15.2 Å². The number of carboxylic acids is 1. The third-order valence-corrected chi connectivity index (χ3v) is 3.89. The zero-order valence-electron chi connectivity index (χ0n) is 11.5. The van der Waals surface area contributed by atoms with Crippen molar-refractivity contribution in [3.8, 4) is 0 Å². The third kappa shape index (κ3) is 10.7. The molecule has 0 amide bonds. The number of carboxylic acid groups (broad SMARTS) is 1. The molecule has 0 spiro atoms. The summed E-state index contributed by atoms with van der Waals surface area (Å²) in [6, 6.07) is -1.49. The number of rotatable bonds is 10. The lowest BCUT2D eigenvalue weighted by Crippen LogP contribution is -2.43. The smallest absolute Gasteiger partial charge is 0.339 e. The Bertz CT molecular complexity index is 465. The second-order valence-electron chi connectivity index (χ2n) is 4.54. The van der Waals surface area contributed by atoms with Crippen molar-refractivity contribution in [1.29, 1.82) is 5.41 Å². The summed E-state index contributed by atoms with van der Waals surface area (Å²) in [6.45, 7) is 0.138. The van der Waals surface area contributed by atoms with Crippen molar-refractivity contribution >= 4 is 27.1 Å². The third-order valence-electron chi connectivity index (χ3n) is 2.43. The van der Waals surface area contributed by atoms with Gasteiger partial charge in [0.2, 0.25) is 0 Å². The van der Waals surface area contributed by atoms with Gasteiger partial charge in [-0.1, -0.05) is 0 Å². The highest BCUT2D eigenvalue weighted by Crippen LogP contribution is 2.42. The number of aliphatic carboxylic acids is 1. The molecule has 0 aliphatic heterocycles. The van der Waals surface area contributed by atoms with Crippen molar-refractivity contribution in [3.63, 3.8) is 0 Å². The van der Waals surface area contributed by atoms with E-state index in [-0.39, 0.29) is 25.3 Å². The molecule has 0 aromatic carbocycles. The zero-order valence-corrected chi connectivity index (χ0v) is 13.3. The van der Waals surface area contributed by atoms with E-state index in [0.717, 1.165) is 0 Å². The molecule has 0 heterocycles. The van der Waals surface area contributed by atoms with Gasteiger partial charge in [0.15, 0.2) is 5.96 Å². The Balaban J connectivity index is 4.97. The van der Waals surface area contributed by atoms with Gasteiger partial charge >= 0.3 is 21.2 Å². The summed E-state index contributed by atoms with van der Waals surface area (Å²) < 4.78 is 22.0. The SMILES string of the molecule is N=C(N)NCCCC(C(=O)O)N(CP(=O)(O)O)CP(=O)(O)O. The number of nitrogens with zero attached hydrogens (tertiary/aromatic N) is 1. The van der Waals surface area contributed by atoms with Gasteiger partial charge < -0.3 is 35.7 Å². The van der Waals surface area contributed by atoms with E-state index in [9.17, 15) is 13.9 Å². The maximum absolute atomic E-state index is 11.2. The summed E-state index contributed by atoms with van der Waals surface area (Å²) in [7, 11) is -9.41. The monoisotopic (exact) mass is 362 g/mol. The summed E-state index contributed by atoms with van der Waals surface area (Å²) in [4.78, 5) is 47.5. The van der Waals surface area contributed by atoms with Gasteiger partial charge in [-0.05, 0) is 12.8 Å². The topological polar surface area (TPSA) is 217 Å². The van der Waals surface area contributed by atoms with Gasteiger partial charge in [0.05, 0.1) is 0 Å². The van der Waals surface area contributed by atoms with Gasteiger partial charge in [-0.2, -0.15) is 0 Å². The molecule has 9 N–H and O–H groups in total. The van der Waals surface area contributed by atoms with Crippen LogP contribution in [-0.4, -0.2) is 66.7 Å². The zero-order chi connectivity index (χ0) is 17.6. The van der Waals surface area contributed by atoms with E-state index >= 15 is 0 Å². The molecule has 0 aliphatic rings. The minimum Gasteiger partial charge on any atom is -0.480 e. The van der Waals surface area contributed by atoms with Crippen LogP contribution in [0.5, 0.6) is 0 Å². The highest BCUT2D eigenvalue weighted by molar-refractivity contribution is 7.52. The number of nitrogens with two attached hydrogens (primary N) is 1. The van der Waals surface area contributed by atoms with Crippen molar-refractivity contribution in [2.24, 2.45) is 5.73 Å². The first-order valence-electron chi connectivity index (χ1n) is 5.96. The number of hydrogen-bond acceptors (Lipinski definition) is 5. The van der Waals surface area contributed by atoms with Crippen molar-refractivity contribution in [2.45, 2.75) is 18.9 Å². The van der Waals surface area contributed by atoms with Crippen molar-refractivity contribution < 1.29 is 38.6 Å². The van der Waals surface area contributed by atoms with Crippen LogP contribution in [-0.2, 0) is 13.9 Å². The first kappa shape index (κ1) is 21.0. The molecule has 0 saturated carbocycles. The fraction of sp³-hybridized carbons (Fsp3) is 0.750. The lowest BCUT2D eigenvalue weighted by molar-refractivity contribution is -0.142. The van der Waals surface area contributed by atoms with E-state index in [4.69, 9.17) is 35.8 Å². The molecule has 130 valence electrons. The lowest BCUT2D eigenvalue weighted by Gasteiger charge is -2.29. The summed E-state index contributed by atoms with van der Waals surface area (Å²) in [5, 5.41) is 18.4. The van der Waals surface area contributed by atoms with E-state index < -0.39 is 39.8 Å². The lowest BCUT2D eigenvalue weighted by atomic mass is 10.1. The van der Waals surface area contributed by atoms with E-state index in [2.05, 4.69) is 5.32 Å². The quantitative estimate of drug-likeness (QED) is 0.0945. The maximum Gasteiger partial charge on any atom is 0.339 e. The molecule has 0 aliphatic carbocycles. The number of nitrogens with one attached hydrogen (secondary N) is 2. The molecule has 0 fully saturated rings. The number of carbonyl (C=O) groups is 1. The maximum atomic E-state index is 11.2. The van der Waals surface area contributed by atoms with E-state index in [1.165, 1.54) is 0 Å². The van der Waals surface area contributed by atoms with Crippen LogP contribution < -0.4 is 11.1 Å². The fourth-order valence-electron chi connectivity index (χ4n) is 1.70. The Labute approximate surface area is 126 Å². The minimum atomic E-state index is -4.71. The summed E-state index contributed by atoms with van der Waals surface area (Å²) in [5.74, 6) is -1.79. The van der Waals surface area contributed by atoms with Gasteiger partial charge in [-0.15, -0.1) is 0 Å². The standard InChI is InChI=1S/C8H20N4O8P2/c9-8(10)11-3-1-2-6(7(13)14)12(4-21(15,16)17)5-22(18,19)20/h6H,1-5H2,(H,13,14)(H4,9,10,11)(H2,15,16,17)(H2,18,19,20). The first-order valence-corrected chi connectivity index (χ1v) is 9.55. The number of hydrogen-bond donors (Lipinski definition) is 8. The van der Waals surface area contributed by atoms with Crippen LogP contribution in [0.2, 0.25) is 0 Å². The van der Waals surface area contributed by atoms with E-state index in [1.54, 1.807) is 0 Å². The van der Waals surface area contributed by atoms with Crippen molar-refractivity contribution in [1.82, 2.24) is 10.2 Å². The van der Waals surface area contributed by atoms with Crippen molar-refractivity contribution in [2.75, 3.05) is 19.1 Å². The molecule has 0 saturated heterocycles. The number of guanidine groups is 1. The van der Waals surface area contributed by atoms with Crippen LogP contribution in [0.1, 0.15) is 12.8 Å².